The number of hydrogen-bond acceptors (Lipinski definition) is 1. The molecule has 1 aliphatic rings. The molecular formula is C43H30S. The Morgan fingerprint density at radius 1 is 0.432 bits per heavy atom. The maximum absolute atomic E-state index is 2.40. The summed E-state index contributed by atoms with van der Waals surface area (Å²) in [4.78, 5) is 1.43. The Kier molecular flexibility index (Phi) is 5.51. The molecule has 0 radical (unpaired) electrons. The smallest absolute Gasteiger partial charge is 0.0399 e. The van der Waals surface area contributed by atoms with Crippen LogP contribution >= 0.6 is 11.3 Å². The molecule has 0 unspecified atom stereocenters. The highest BCUT2D eigenvalue weighted by atomic mass is 32.1. The lowest BCUT2D eigenvalue weighted by molar-refractivity contribution is 0.667. The van der Waals surface area contributed by atoms with Crippen molar-refractivity contribution in [3.8, 4) is 43.8 Å². The Labute approximate surface area is 261 Å². The van der Waals surface area contributed by atoms with E-state index in [-0.39, 0.29) is 5.41 Å². The van der Waals surface area contributed by atoms with Gasteiger partial charge >= 0.3 is 0 Å². The fraction of sp³-hybridized carbons (Fsp3) is 0.0698. The number of hydrogen-bond donors (Lipinski definition) is 0. The van der Waals surface area contributed by atoms with E-state index in [1.165, 1.54) is 86.6 Å². The monoisotopic (exact) mass is 578 g/mol. The Bertz CT molecular complexity index is 2330. The molecule has 0 saturated heterocycles. The average Bonchev–Trinajstić information content (AvgIpc) is 3.58. The molecule has 1 aliphatic carbocycles. The van der Waals surface area contributed by atoms with Crippen molar-refractivity contribution >= 4 is 43.0 Å². The van der Waals surface area contributed by atoms with E-state index < -0.39 is 0 Å². The molecule has 208 valence electrons. The van der Waals surface area contributed by atoms with Crippen LogP contribution in [0, 0.1) is 0 Å². The summed E-state index contributed by atoms with van der Waals surface area (Å²) in [6.07, 6.45) is 0. The van der Waals surface area contributed by atoms with Crippen molar-refractivity contribution in [1.82, 2.24) is 0 Å². The minimum atomic E-state index is -0.0632. The fourth-order valence-electron chi connectivity index (χ4n) is 7.69. The van der Waals surface area contributed by atoms with E-state index in [4.69, 9.17) is 0 Å². The summed E-state index contributed by atoms with van der Waals surface area (Å²) in [5.74, 6) is 0. The molecule has 0 atom stereocenters. The predicted molar refractivity (Wildman–Crippen MR) is 191 cm³/mol. The van der Waals surface area contributed by atoms with E-state index in [2.05, 4.69) is 159 Å². The highest BCUT2D eigenvalue weighted by molar-refractivity contribution is 7.22. The van der Waals surface area contributed by atoms with E-state index in [9.17, 15) is 0 Å². The first-order valence-corrected chi connectivity index (χ1v) is 16.2. The molecule has 1 aromatic heterocycles. The van der Waals surface area contributed by atoms with Gasteiger partial charge in [-0.25, -0.2) is 0 Å². The van der Waals surface area contributed by atoms with Gasteiger partial charge in [0.2, 0.25) is 0 Å². The van der Waals surface area contributed by atoms with E-state index >= 15 is 0 Å². The largest absolute Gasteiger partial charge is 0.135 e. The van der Waals surface area contributed by atoms with Crippen molar-refractivity contribution in [2.45, 2.75) is 19.3 Å². The van der Waals surface area contributed by atoms with Gasteiger partial charge in [-0.1, -0.05) is 153 Å². The van der Waals surface area contributed by atoms with E-state index in [0.717, 1.165) is 0 Å². The van der Waals surface area contributed by atoms with Crippen molar-refractivity contribution in [1.29, 1.82) is 0 Å². The molecule has 8 aromatic rings. The van der Waals surface area contributed by atoms with Gasteiger partial charge in [0.1, 0.15) is 0 Å². The molecule has 0 amide bonds. The van der Waals surface area contributed by atoms with Crippen LogP contribution in [0.15, 0.2) is 146 Å². The average molecular weight is 579 g/mol. The third-order valence-corrected chi connectivity index (χ3v) is 10.9. The lowest BCUT2D eigenvalue weighted by Crippen LogP contribution is -2.15. The van der Waals surface area contributed by atoms with Crippen molar-refractivity contribution in [2.75, 3.05) is 0 Å². The van der Waals surface area contributed by atoms with Crippen LogP contribution in [0.1, 0.15) is 25.0 Å². The van der Waals surface area contributed by atoms with Crippen LogP contribution in [0.2, 0.25) is 0 Å². The van der Waals surface area contributed by atoms with Crippen LogP contribution < -0.4 is 0 Å². The quantitative estimate of drug-likeness (QED) is 0.183. The first-order valence-electron chi connectivity index (χ1n) is 15.4. The number of thiophene rings is 1. The van der Waals surface area contributed by atoms with Gasteiger partial charge in [-0.3, -0.25) is 0 Å². The number of rotatable bonds is 3. The summed E-state index contributed by atoms with van der Waals surface area (Å²) in [6, 6.07) is 53.7. The topological polar surface area (TPSA) is 0 Å². The summed E-state index contributed by atoms with van der Waals surface area (Å²) >= 11 is 1.95. The number of fused-ring (bicyclic) bond motifs is 7. The summed E-state index contributed by atoms with van der Waals surface area (Å²) in [5, 5.41) is 6.59. The van der Waals surface area contributed by atoms with Gasteiger partial charge < -0.3 is 0 Å². The highest BCUT2D eigenvalue weighted by Gasteiger charge is 2.39. The summed E-state index contributed by atoms with van der Waals surface area (Å²) in [6.45, 7) is 4.80. The van der Waals surface area contributed by atoms with Gasteiger partial charge in [-0.2, -0.15) is 0 Å². The Morgan fingerprint density at radius 3 is 1.64 bits per heavy atom. The molecule has 0 N–H and O–H groups in total. The Balaban J connectivity index is 1.35. The zero-order chi connectivity index (χ0) is 29.4. The molecule has 44 heavy (non-hydrogen) atoms. The second-order valence-electron chi connectivity index (χ2n) is 12.4. The van der Waals surface area contributed by atoms with Gasteiger partial charge in [-0.15, -0.1) is 11.3 Å². The molecule has 0 fully saturated rings. The molecule has 0 bridgehead atoms. The minimum absolute atomic E-state index is 0.0632. The lowest BCUT2D eigenvalue weighted by atomic mass is 9.79. The molecule has 0 saturated carbocycles. The molecule has 0 nitrogen and oxygen atoms in total. The molecule has 1 heterocycles. The molecule has 0 spiro atoms. The van der Waals surface area contributed by atoms with E-state index in [1.807, 2.05) is 11.3 Å². The fourth-order valence-corrected chi connectivity index (χ4v) is 9.12. The predicted octanol–water partition coefficient (Wildman–Crippen LogP) is 12.5. The normalized spacial score (nSPS) is 13.4. The zero-order valence-corrected chi connectivity index (χ0v) is 25.6. The van der Waals surface area contributed by atoms with Crippen LogP contribution in [0.5, 0.6) is 0 Å². The van der Waals surface area contributed by atoms with Crippen molar-refractivity contribution in [3.05, 3.63) is 157 Å². The Hall–Kier alpha value is -4.98. The molecule has 9 rings (SSSR count). The second-order valence-corrected chi connectivity index (χ2v) is 13.5. The first kappa shape index (κ1) is 25.5. The summed E-state index contributed by atoms with van der Waals surface area (Å²) < 4.78 is 1.36. The van der Waals surface area contributed by atoms with Crippen LogP contribution in [-0.2, 0) is 5.41 Å². The third-order valence-electron chi connectivity index (χ3n) is 9.67. The van der Waals surface area contributed by atoms with E-state index in [0.29, 0.717) is 0 Å². The van der Waals surface area contributed by atoms with Gasteiger partial charge in [0.05, 0.1) is 0 Å². The number of benzene rings is 7. The standard InChI is InChI=1S/C43H30S/c1-43(2)36-21-11-10-19-34(36)42-41(43)40-35(20-12-22-37(40)44-42)39-32-17-8-6-15-30(32)38(31-16-7-9-18-33(31)39)29-25-23-28(24-26-29)27-13-4-3-5-14-27/h3-26H,1-2H3. The van der Waals surface area contributed by atoms with Crippen molar-refractivity contribution < 1.29 is 0 Å². The van der Waals surface area contributed by atoms with Gasteiger partial charge in [0, 0.05) is 20.4 Å². The SMILES string of the molecule is CC1(C)c2ccccc2-c2sc3cccc(-c4c5ccccc5c(-c5ccc(-c6ccccc6)cc5)c5ccccc45)c3c21. The van der Waals surface area contributed by atoms with E-state index in [1.54, 1.807) is 0 Å². The second kappa shape index (κ2) is 9.51. The molecule has 1 heteroatoms. The minimum Gasteiger partial charge on any atom is -0.135 e. The maximum Gasteiger partial charge on any atom is 0.0399 e. The van der Waals surface area contributed by atoms with Crippen LogP contribution in [0.3, 0.4) is 0 Å². The summed E-state index contributed by atoms with van der Waals surface area (Å²) in [7, 11) is 0. The van der Waals surface area contributed by atoms with Crippen molar-refractivity contribution in [2.24, 2.45) is 0 Å². The summed E-state index contributed by atoms with van der Waals surface area (Å²) in [5.41, 5.74) is 11.9. The zero-order valence-electron chi connectivity index (χ0n) is 24.8. The highest BCUT2D eigenvalue weighted by Crippen LogP contribution is 2.57. The van der Waals surface area contributed by atoms with Crippen molar-refractivity contribution in [3.63, 3.8) is 0 Å². The maximum atomic E-state index is 2.40. The lowest BCUT2D eigenvalue weighted by Gasteiger charge is -2.23. The van der Waals surface area contributed by atoms with Gasteiger partial charge in [0.15, 0.2) is 0 Å². The molecule has 0 aliphatic heterocycles. The molecule has 7 aromatic carbocycles. The van der Waals surface area contributed by atoms with Gasteiger partial charge in [-0.05, 0) is 77.7 Å². The van der Waals surface area contributed by atoms with Crippen LogP contribution in [0.4, 0.5) is 0 Å². The van der Waals surface area contributed by atoms with Gasteiger partial charge in [0.25, 0.3) is 0 Å². The Morgan fingerprint density at radius 2 is 0.955 bits per heavy atom. The first-order chi connectivity index (χ1) is 21.6. The third kappa shape index (κ3) is 3.57. The van der Waals surface area contributed by atoms with Crippen LogP contribution in [-0.4, -0.2) is 0 Å². The molecular weight excluding hydrogens is 549 g/mol. The van der Waals surface area contributed by atoms with Crippen LogP contribution in [0.25, 0.3) is 75.5 Å².